The van der Waals surface area contributed by atoms with E-state index in [0.29, 0.717) is 29.1 Å². The highest BCUT2D eigenvalue weighted by Crippen LogP contribution is 2.29. The van der Waals surface area contributed by atoms with Crippen molar-refractivity contribution in [2.75, 3.05) is 5.32 Å². The molecule has 7 heteroatoms. The molecular weight excluding hydrogens is 370 g/mol. The Hall–Kier alpha value is -2.80. The van der Waals surface area contributed by atoms with Gasteiger partial charge in [0, 0.05) is 33.8 Å². The van der Waals surface area contributed by atoms with Crippen LogP contribution in [0.4, 0.5) is 5.82 Å². The first-order chi connectivity index (χ1) is 11.7. The highest BCUT2D eigenvalue weighted by molar-refractivity contribution is 9.10. The van der Waals surface area contributed by atoms with Gasteiger partial charge < -0.3 is 10.3 Å². The van der Waals surface area contributed by atoms with E-state index in [1.54, 1.807) is 30.7 Å². The van der Waals surface area contributed by atoms with E-state index in [2.05, 4.69) is 41.2 Å². The molecule has 3 heterocycles. The highest BCUT2D eigenvalue weighted by atomic mass is 79.9. The topological polar surface area (TPSA) is 83.6 Å². The Balaban J connectivity index is 1.89. The van der Waals surface area contributed by atoms with Crippen LogP contribution in [-0.4, -0.2) is 19.9 Å². The fraction of sp³-hybridized carbons (Fsp3) is 0.0588. The largest absolute Gasteiger partial charge is 0.362 e. The first-order valence-electron chi connectivity index (χ1n) is 7.33. The first-order valence-corrected chi connectivity index (χ1v) is 8.12. The van der Waals surface area contributed by atoms with E-state index >= 15 is 0 Å². The molecule has 4 rings (SSSR count). The van der Waals surface area contributed by atoms with Crippen molar-refractivity contribution in [3.63, 3.8) is 0 Å². The number of pyridine rings is 2. The molecule has 0 saturated carbocycles. The summed E-state index contributed by atoms with van der Waals surface area (Å²) in [7, 11) is 0. The standard InChI is InChI=1S/C17H12BrN5O/c18-10-2-3-11-12(8-10)15-13(4-7-21-17(15)24)23-16(11)22-9-14-19-5-1-6-20-14/h1-8H,9H2,(H,21,24)(H,22,23). The van der Waals surface area contributed by atoms with Gasteiger partial charge in [0.15, 0.2) is 0 Å². The van der Waals surface area contributed by atoms with E-state index in [-0.39, 0.29) is 5.56 Å². The van der Waals surface area contributed by atoms with Gasteiger partial charge in [0.2, 0.25) is 0 Å². The van der Waals surface area contributed by atoms with Gasteiger partial charge in [-0.1, -0.05) is 15.9 Å². The summed E-state index contributed by atoms with van der Waals surface area (Å²) >= 11 is 3.47. The van der Waals surface area contributed by atoms with Crippen molar-refractivity contribution < 1.29 is 0 Å². The summed E-state index contributed by atoms with van der Waals surface area (Å²) in [5.41, 5.74) is 0.488. The van der Waals surface area contributed by atoms with Crippen LogP contribution in [-0.2, 0) is 6.54 Å². The van der Waals surface area contributed by atoms with Crippen LogP contribution in [0.2, 0.25) is 0 Å². The Morgan fingerprint density at radius 1 is 1.12 bits per heavy atom. The molecule has 0 unspecified atom stereocenters. The average molecular weight is 382 g/mol. The number of rotatable bonds is 3. The molecular formula is C17H12BrN5O. The van der Waals surface area contributed by atoms with Crippen LogP contribution in [0.1, 0.15) is 5.82 Å². The van der Waals surface area contributed by atoms with Gasteiger partial charge in [-0.3, -0.25) is 4.79 Å². The van der Waals surface area contributed by atoms with Gasteiger partial charge in [0.25, 0.3) is 5.56 Å². The Kier molecular flexibility index (Phi) is 3.70. The number of fused-ring (bicyclic) bond motifs is 3. The summed E-state index contributed by atoms with van der Waals surface area (Å²) in [6.07, 6.45) is 5.00. The van der Waals surface area contributed by atoms with Crippen LogP contribution in [0, 0.1) is 0 Å². The first kappa shape index (κ1) is 14.8. The lowest BCUT2D eigenvalue weighted by Crippen LogP contribution is -2.09. The summed E-state index contributed by atoms with van der Waals surface area (Å²) in [5.74, 6) is 1.37. The van der Waals surface area contributed by atoms with Crippen molar-refractivity contribution in [2.45, 2.75) is 6.54 Å². The van der Waals surface area contributed by atoms with Crippen molar-refractivity contribution in [1.29, 1.82) is 0 Å². The smallest absolute Gasteiger partial charge is 0.258 e. The molecule has 0 atom stereocenters. The number of nitrogens with one attached hydrogen (secondary N) is 2. The number of nitrogens with zero attached hydrogens (tertiary/aromatic N) is 3. The van der Waals surface area contributed by atoms with E-state index in [9.17, 15) is 4.79 Å². The van der Waals surface area contributed by atoms with E-state index in [4.69, 9.17) is 0 Å². The Morgan fingerprint density at radius 2 is 1.96 bits per heavy atom. The van der Waals surface area contributed by atoms with Crippen molar-refractivity contribution in [1.82, 2.24) is 19.9 Å². The van der Waals surface area contributed by atoms with Gasteiger partial charge >= 0.3 is 0 Å². The summed E-state index contributed by atoms with van der Waals surface area (Å²) in [4.78, 5) is 28.0. The molecule has 2 N–H and O–H groups in total. The maximum Gasteiger partial charge on any atom is 0.258 e. The molecule has 0 aliphatic rings. The number of anilines is 1. The number of benzene rings is 1. The van der Waals surface area contributed by atoms with Gasteiger partial charge in [0.1, 0.15) is 11.6 Å². The molecule has 24 heavy (non-hydrogen) atoms. The molecule has 0 aliphatic heterocycles. The summed E-state index contributed by atoms with van der Waals surface area (Å²) in [5, 5.41) is 5.56. The van der Waals surface area contributed by atoms with Crippen molar-refractivity contribution in [2.24, 2.45) is 0 Å². The minimum atomic E-state index is -0.152. The molecule has 1 aromatic carbocycles. The van der Waals surface area contributed by atoms with Crippen LogP contribution >= 0.6 is 15.9 Å². The second-order valence-electron chi connectivity index (χ2n) is 5.24. The van der Waals surface area contributed by atoms with Crippen LogP contribution in [0.5, 0.6) is 0 Å². The molecule has 4 aromatic rings. The number of aromatic nitrogens is 4. The quantitative estimate of drug-likeness (QED) is 0.532. The second kappa shape index (κ2) is 6.01. The molecule has 0 spiro atoms. The summed E-state index contributed by atoms with van der Waals surface area (Å²) in [6.45, 7) is 0.452. The zero-order chi connectivity index (χ0) is 16.5. The molecule has 0 amide bonds. The minimum absolute atomic E-state index is 0.152. The number of hydrogen-bond donors (Lipinski definition) is 2. The SMILES string of the molecule is O=c1[nH]ccc2nc(NCc3ncccn3)c3ccc(Br)cc3c12. The fourth-order valence-electron chi connectivity index (χ4n) is 2.65. The summed E-state index contributed by atoms with van der Waals surface area (Å²) < 4.78 is 0.906. The number of halogens is 1. The van der Waals surface area contributed by atoms with E-state index in [1.165, 1.54) is 0 Å². The highest BCUT2D eigenvalue weighted by Gasteiger charge is 2.11. The number of hydrogen-bond acceptors (Lipinski definition) is 5. The third-order valence-corrected chi connectivity index (χ3v) is 4.20. The second-order valence-corrected chi connectivity index (χ2v) is 6.15. The Morgan fingerprint density at radius 3 is 2.79 bits per heavy atom. The lowest BCUT2D eigenvalue weighted by atomic mass is 10.1. The Bertz CT molecular complexity index is 1090. The molecule has 0 saturated heterocycles. The van der Waals surface area contributed by atoms with Crippen LogP contribution in [0.25, 0.3) is 21.7 Å². The third kappa shape index (κ3) is 2.63. The molecule has 0 aliphatic carbocycles. The Labute approximate surface area is 145 Å². The van der Waals surface area contributed by atoms with Gasteiger partial charge in [-0.05, 0) is 30.3 Å². The molecule has 6 nitrogen and oxygen atoms in total. The van der Waals surface area contributed by atoms with Crippen LogP contribution in [0.3, 0.4) is 0 Å². The molecule has 0 bridgehead atoms. The van der Waals surface area contributed by atoms with Gasteiger partial charge in [-0.2, -0.15) is 0 Å². The van der Waals surface area contributed by atoms with Gasteiger partial charge in [-0.15, -0.1) is 0 Å². The lowest BCUT2D eigenvalue weighted by Gasteiger charge is -2.11. The lowest BCUT2D eigenvalue weighted by molar-refractivity contribution is 0.944. The van der Waals surface area contributed by atoms with Crippen LogP contribution < -0.4 is 10.9 Å². The maximum absolute atomic E-state index is 12.2. The van der Waals surface area contributed by atoms with E-state index in [1.807, 2.05) is 18.2 Å². The van der Waals surface area contributed by atoms with Gasteiger partial charge in [0.05, 0.1) is 17.4 Å². The number of aromatic amines is 1. The van der Waals surface area contributed by atoms with Crippen LogP contribution in [0.15, 0.2) is 58.2 Å². The molecule has 3 aromatic heterocycles. The zero-order valence-corrected chi connectivity index (χ0v) is 14.0. The predicted octanol–water partition coefficient (Wildman–Crippen LogP) is 3.24. The fourth-order valence-corrected chi connectivity index (χ4v) is 3.01. The monoisotopic (exact) mass is 381 g/mol. The zero-order valence-electron chi connectivity index (χ0n) is 12.5. The minimum Gasteiger partial charge on any atom is -0.362 e. The van der Waals surface area contributed by atoms with Gasteiger partial charge in [-0.25, -0.2) is 15.0 Å². The van der Waals surface area contributed by atoms with E-state index < -0.39 is 0 Å². The van der Waals surface area contributed by atoms with Crippen molar-refractivity contribution >= 4 is 43.4 Å². The average Bonchev–Trinajstić information content (AvgIpc) is 2.60. The maximum atomic E-state index is 12.2. The normalized spacial score (nSPS) is 11.0. The van der Waals surface area contributed by atoms with Crippen molar-refractivity contribution in [3.8, 4) is 0 Å². The molecule has 0 fully saturated rings. The predicted molar refractivity (Wildman–Crippen MR) is 96.9 cm³/mol. The van der Waals surface area contributed by atoms with E-state index in [0.717, 1.165) is 15.2 Å². The molecule has 0 radical (unpaired) electrons. The third-order valence-electron chi connectivity index (χ3n) is 3.71. The summed E-state index contributed by atoms with van der Waals surface area (Å²) in [6, 6.07) is 9.36. The van der Waals surface area contributed by atoms with Crippen molar-refractivity contribution in [3.05, 3.63) is 69.6 Å². The number of H-pyrrole nitrogens is 1. The molecule has 118 valence electrons.